The molecule has 15 heavy (non-hydrogen) atoms. The van der Waals surface area contributed by atoms with Crippen LogP contribution in [0.15, 0.2) is 12.7 Å². The van der Waals surface area contributed by atoms with Crippen molar-refractivity contribution in [2.45, 2.75) is 39.2 Å². The predicted octanol–water partition coefficient (Wildman–Crippen LogP) is 2.27. The summed E-state index contributed by atoms with van der Waals surface area (Å²) in [5.41, 5.74) is 0. The lowest BCUT2D eigenvalue weighted by molar-refractivity contribution is 0.182. The topological polar surface area (TPSA) is 15.3 Å². The van der Waals surface area contributed by atoms with Crippen molar-refractivity contribution >= 4 is 0 Å². The van der Waals surface area contributed by atoms with Crippen LogP contribution >= 0.6 is 0 Å². The Balaban J connectivity index is 2.01. The van der Waals surface area contributed by atoms with E-state index in [4.69, 9.17) is 0 Å². The van der Waals surface area contributed by atoms with Gasteiger partial charge in [-0.05, 0) is 51.7 Å². The van der Waals surface area contributed by atoms with Crippen molar-refractivity contribution < 1.29 is 0 Å². The van der Waals surface area contributed by atoms with E-state index in [1.54, 1.807) is 0 Å². The van der Waals surface area contributed by atoms with Crippen molar-refractivity contribution in [2.24, 2.45) is 5.92 Å². The zero-order valence-corrected chi connectivity index (χ0v) is 10.3. The summed E-state index contributed by atoms with van der Waals surface area (Å²) in [5.74, 6) is 0.902. The molecule has 1 N–H and O–H groups in total. The first kappa shape index (κ1) is 12.7. The maximum absolute atomic E-state index is 3.77. The third-order valence-electron chi connectivity index (χ3n) is 3.21. The van der Waals surface area contributed by atoms with E-state index in [0.717, 1.165) is 12.5 Å². The van der Waals surface area contributed by atoms with Gasteiger partial charge >= 0.3 is 0 Å². The highest BCUT2D eigenvalue weighted by Gasteiger charge is 2.15. The van der Waals surface area contributed by atoms with Gasteiger partial charge in [0, 0.05) is 12.6 Å². The summed E-state index contributed by atoms with van der Waals surface area (Å²) in [6.07, 6.45) is 6.02. The van der Waals surface area contributed by atoms with E-state index in [1.807, 2.05) is 6.08 Å². The third kappa shape index (κ3) is 5.33. The Bertz CT molecular complexity index is 179. The summed E-state index contributed by atoms with van der Waals surface area (Å²) in [7, 11) is 0. The molecule has 0 aromatic carbocycles. The average molecular weight is 210 g/mol. The molecule has 1 aliphatic heterocycles. The molecule has 1 heterocycles. The molecular weight excluding hydrogens is 184 g/mol. The molecular formula is C13H26N2. The fourth-order valence-corrected chi connectivity index (χ4v) is 2.21. The first-order valence-corrected chi connectivity index (χ1v) is 6.30. The van der Waals surface area contributed by atoms with Crippen LogP contribution in [0.1, 0.15) is 33.1 Å². The molecule has 0 spiro atoms. The molecule has 1 aliphatic rings. The van der Waals surface area contributed by atoms with E-state index < -0.39 is 0 Å². The monoisotopic (exact) mass is 210 g/mol. The van der Waals surface area contributed by atoms with Crippen molar-refractivity contribution in [3.8, 4) is 0 Å². The van der Waals surface area contributed by atoms with E-state index in [9.17, 15) is 0 Å². The van der Waals surface area contributed by atoms with Crippen LogP contribution in [0.25, 0.3) is 0 Å². The first-order chi connectivity index (χ1) is 7.22. The molecule has 88 valence electrons. The second kappa shape index (κ2) is 7.02. The van der Waals surface area contributed by atoms with Gasteiger partial charge in [0.25, 0.3) is 0 Å². The van der Waals surface area contributed by atoms with Gasteiger partial charge in [-0.1, -0.05) is 13.0 Å². The molecule has 2 heteroatoms. The Morgan fingerprint density at radius 3 is 3.07 bits per heavy atom. The number of hydrogen-bond donors (Lipinski definition) is 1. The molecule has 0 radical (unpaired) electrons. The lowest BCUT2D eigenvalue weighted by atomic mass is 10.0. The van der Waals surface area contributed by atoms with Crippen LogP contribution in [-0.2, 0) is 0 Å². The third-order valence-corrected chi connectivity index (χ3v) is 3.21. The highest BCUT2D eigenvalue weighted by atomic mass is 15.1. The van der Waals surface area contributed by atoms with E-state index in [2.05, 4.69) is 30.6 Å². The maximum atomic E-state index is 3.77. The molecule has 0 aromatic rings. The van der Waals surface area contributed by atoms with Gasteiger partial charge < -0.3 is 10.2 Å². The van der Waals surface area contributed by atoms with Crippen LogP contribution in [0.4, 0.5) is 0 Å². The van der Waals surface area contributed by atoms with E-state index in [0.29, 0.717) is 6.04 Å². The number of rotatable bonds is 6. The van der Waals surface area contributed by atoms with E-state index >= 15 is 0 Å². The van der Waals surface area contributed by atoms with Gasteiger partial charge in [-0.3, -0.25) is 0 Å². The minimum Gasteiger partial charge on any atom is -0.311 e. The summed E-state index contributed by atoms with van der Waals surface area (Å²) < 4.78 is 0. The molecule has 2 atom stereocenters. The highest BCUT2D eigenvalue weighted by molar-refractivity contribution is 4.81. The summed E-state index contributed by atoms with van der Waals surface area (Å²) in [5, 5.41) is 3.44. The number of nitrogens with one attached hydrogen (secondary N) is 1. The maximum Gasteiger partial charge on any atom is 0.0219 e. The van der Waals surface area contributed by atoms with Gasteiger partial charge in [-0.15, -0.1) is 6.58 Å². The van der Waals surface area contributed by atoms with Crippen molar-refractivity contribution in [1.29, 1.82) is 0 Å². The van der Waals surface area contributed by atoms with Gasteiger partial charge in [-0.25, -0.2) is 0 Å². The molecule has 1 rings (SSSR count). The quantitative estimate of drug-likeness (QED) is 0.534. The van der Waals surface area contributed by atoms with Gasteiger partial charge in [-0.2, -0.15) is 0 Å². The number of hydrogen-bond acceptors (Lipinski definition) is 2. The largest absolute Gasteiger partial charge is 0.311 e. The van der Waals surface area contributed by atoms with E-state index in [1.165, 1.54) is 38.9 Å². The fourth-order valence-electron chi connectivity index (χ4n) is 2.21. The predicted molar refractivity (Wildman–Crippen MR) is 67.1 cm³/mol. The fraction of sp³-hybridized carbons (Fsp3) is 0.846. The van der Waals surface area contributed by atoms with Crippen molar-refractivity contribution in [3.63, 3.8) is 0 Å². The summed E-state index contributed by atoms with van der Waals surface area (Å²) >= 11 is 0. The Labute approximate surface area is 94.7 Å². The highest BCUT2D eigenvalue weighted by Crippen LogP contribution is 2.15. The van der Waals surface area contributed by atoms with Gasteiger partial charge in [0.2, 0.25) is 0 Å². The van der Waals surface area contributed by atoms with Crippen LogP contribution in [-0.4, -0.2) is 37.1 Å². The minimum absolute atomic E-state index is 0.449. The van der Waals surface area contributed by atoms with Crippen molar-refractivity contribution in [1.82, 2.24) is 10.2 Å². The van der Waals surface area contributed by atoms with Gasteiger partial charge in [0.05, 0.1) is 0 Å². The summed E-state index contributed by atoms with van der Waals surface area (Å²) in [4.78, 5) is 2.61. The smallest absolute Gasteiger partial charge is 0.0219 e. The number of nitrogens with zero attached hydrogens (tertiary/aromatic N) is 1. The molecule has 1 fully saturated rings. The normalized spacial score (nSPS) is 25.1. The molecule has 0 aromatic heterocycles. The Kier molecular flexibility index (Phi) is 5.96. The van der Waals surface area contributed by atoms with Gasteiger partial charge in [0.15, 0.2) is 0 Å². The number of likely N-dealkylation sites (tertiary alicyclic amines) is 1. The molecule has 0 amide bonds. The van der Waals surface area contributed by atoms with Crippen LogP contribution in [0.5, 0.6) is 0 Å². The Morgan fingerprint density at radius 1 is 1.60 bits per heavy atom. The Morgan fingerprint density at radius 2 is 2.40 bits per heavy atom. The molecule has 2 nitrogen and oxygen atoms in total. The van der Waals surface area contributed by atoms with Crippen LogP contribution in [0, 0.1) is 5.92 Å². The molecule has 0 saturated carbocycles. The molecule has 0 bridgehead atoms. The molecule has 0 aliphatic carbocycles. The van der Waals surface area contributed by atoms with E-state index in [-0.39, 0.29) is 0 Å². The lowest BCUT2D eigenvalue weighted by Gasteiger charge is -2.30. The Hall–Kier alpha value is -0.340. The zero-order chi connectivity index (χ0) is 11.1. The van der Waals surface area contributed by atoms with Gasteiger partial charge in [0.1, 0.15) is 0 Å². The van der Waals surface area contributed by atoms with Crippen LogP contribution < -0.4 is 5.32 Å². The lowest BCUT2D eigenvalue weighted by Crippen LogP contribution is -2.36. The van der Waals surface area contributed by atoms with Crippen molar-refractivity contribution in [2.75, 3.05) is 26.2 Å². The first-order valence-electron chi connectivity index (χ1n) is 6.30. The average Bonchev–Trinajstić information content (AvgIpc) is 2.24. The van der Waals surface area contributed by atoms with Crippen molar-refractivity contribution in [3.05, 3.63) is 12.7 Å². The number of piperidine rings is 1. The molecule has 1 saturated heterocycles. The van der Waals surface area contributed by atoms with Crippen LogP contribution in [0.2, 0.25) is 0 Å². The zero-order valence-electron chi connectivity index (χ0n) is 10.3. The SMILES string of the molecule is C=CC(C)NCCCN1CCC[C@H](C)C1. The molecule has 1 unspecified atom stereocenters. The van der Waals surface area contributed by atoms with Crippen LogP contribution in [0.3, 0.4) is 0 Å². The second-order valence-corrected chi connectivity index (χ2v) is 4.88. The summed E-state index contributed by atoms with van der Waals surface area (Å²) in [6.45, 7) is 13.3. The minimum atomic E-state index is 0.449. The summed E-state index contributed by atoms with van der Waals surface area (Å²) in [6, 6.07) is 0.449. The standard InChI is InChI=1S/C13H26N2/c1-4-13(3)14-8-6-10-15-9-5-7-12(2)11-15/h4,12-14H,1,5-11H2,2-3H3/t12-,13?/m0/s1. The second-order valence-electron chi connectivity index (χ2n) is 4.88.